The molecule has 1 heterocycles. The van der Waals surface area contributed by atoms with Crippen LogP contribution < -0.4 is 5.32 Å². The molecule has 0 radical (unpaired) electrons. The van der Waals surface area contributed by atoms with Crippen molar-refractivity contribution in [3.8, 4) is 0 Å². The van der Waals surface area contributed by atoms with Crippen LogP contribution in [-0.2, 0) is 4.79 Å². The summed E-state index contributed by atoms with van der Waals surface area (Å²) in [6, 6.07) is 0.288. The first-order valence-electron chi connectivity index (χ1n) is 6.66. The number of nitrogens with zero attached hydrogens (tertiary/aromatic N) is 2. The summed E-state index contributed by atoms with van der Waals surface area (Å²) in [5, 5.41) is 12.0. The van der Waals surface area contributed by atoms with Crippen LogP contribution in [0.3, 0.4) is 0 Å². The molecule has 0 aromatic carbocycles. The van der Waals surface area contributed by atoms with Crippen LogP contribution >= 0.6 is 0 Å². The maximum atomic E-state index is 12.4. The van der Waals surface area contributed by atoms with Crippen molar-refractivity contribution < 1.29 is 14.7 Å². The molecule has 0 unspecified atom stereocenters. The maximum absolute atomic E-state index is 12.4. The van der Waals surface area contributed by atoms with Gasteiger partial charge in [0.25, 0.3) is 0 Å². The van der Waals surface area contributed by atoms with Gasteiger partial charge in [-0.3, -0.25) is 4.79 Å². The fourth-order valence-electron chi connectivity index (χ4n) is 2.26. The first-order chi connectivity index (χ1) is 8.68. The van der Waals surface area contributed by atoms with Crippen molar-refractivity contribution in [1.82, 2.24) is 15.1 Å². The average molecular weight is 255 g/mol. The van der Waals surface area contributed by atoms with Crippen molar-refractivity contribution in [3.63, 3.8) is 0 Å². The van der Waals surface area contributed by atoms with Crippen LogP contribution in [-0.4, -0.2) is 65.7 Å². The van der Waals surface area contributed by atoms with E-state index in [1.165, 1.54) is 0 Å². The number of carboxylic acids is 1. The molecular weight excluding hydrogens is 234 g/mol. The van der Waals surface area contributed by atoms with Crippen LogP contribution in [0.5, 0.6) is 0 Å². The van der Waals surface area contributed by atoms with Crippen molar-refractivity contribution in [2.24, 2.45) is 0 Å². The highest BCUT2D eigenvalue weighted by molar-refractivity contribution is 5.76. The number of aliphatic carboxylic acids is 1. The molecule has 2 fully saturated rings. The van der Waals surface area contributed by atoms with Gasteiger partial charge in [0.1, 0.15) is 0 Å². The summed E-state index contributed by atoms with van der Waals surface area (Å²) in [5.74, 6) is -0.842. The number of carbonyl (C=O) groups is 2. The molecule has 0 spiro atoms. The number of amides is 2. The Balaban J connectivity index is 1.91. The van der Waals surface area contributed by atoms with Crippen molar-refractivity contribution in [1.29, 1.82) is 0 Å². The second kappa shape index (κ2) is 6.04. The molecule has 1 aliphatic carbocycles. The monoisotopic (exact) mass is 255 g/mol. The van der Waals surface area contributed by atoms with E-state index in [0.29, 0.717) is 6.54 Å². The minimum Gasteiger partial charge on any atom is -0.481 e. The maximum Gasteiger partial charge on any atom is 0.320 e. The molecule has 0 aromatic heterocycles. The second-order valence-corrected chi connectivity index (χ2v) is 4.94. The lowest BCUT2D eigenvalue weighted by atomic mass is 10.3. The van der Waals surface area contributed by atoms with Crippen molar-refractivity contribution in [3.05, 3.63) is 0 Å². The topological polar surface area (TPSA) is 72.9 Å². The largest absolute Gasteiger partial charge is 0.481 e. The molecular formula is C12H21N3O3. The third kappa shape index (κ3) is 3.60. The van der Waals surface area contributed by atoms with Gasteiger partial charge >= 0.3 is 12.0 Å². The number of nitrogens with one attached hydrogen (secondary N) is 1. The Kier molecular flexibility index (Phi) is 4.41. The Bertz CT molecular complexity index is 310. The molecule has 18 heavy (non-hydrogen) atoms. The van der Waals surface area contributed by atoms with E-state index in [1.807, 2.05) is 4.90 Å². The third-order valence-electron chi connectivity index (χ3n) is 3.41. The van der Waals surface area contributed by atoms with Crippen LogP contribution in [0.15, 0.2) is 0 Å². The first kappa shape index (κ1) is 13.1. The molecule has 6 nitrogen and oxygen atoms in total. The Morgan fingerprint density at radius 1 is 1.28 bits per heavy atom. The number of carbonyl (C=O) groups excluding carboxylic acids is 1. The van der Waals surface area contributed by atoms with E-state index in [1.54, 1.807) is 4.90 Å². The molecule has 2 rings (SSSR count). The Morgan fingerprint density at radius 2 is 2.06 bits per heavy atom. The molecule has 2 amide bonds. The molecule has 102 valence electrons. The van der Waals surface area contributed by atoms with Gasteiger partial charge in [0, 0.05) is 32.2 Å². The number of carboxylic acid groups (broad SMARTS) is 1. The lowest BCUT2D eigenvalue weighted by Crippen LogP contribution is -2.46. The molecule has 6 heteroatoms. The van der Waals surface area contributed by atoms with E-state index in [0.717, 1.165) is 45.4 Å². The molecule has 0 bridgehead atoms. The van der Waals surface area contributed by atoms with Gasteiger partial charge in [0.05, 0.1) is 6.42 Å². The molecule has 2 aliphatic rings. The van der Waals surface area contributed by atoms with E-state index in [2.05, 4.69) is 5.32 Å². The molecule has 1 saturated carbocycles. The zero-order chi connectivity index (χ0) is 13.0. The molecule has 1 saturated heterocycles. The van der Waals surface area contributed by atoms with E-state index in [9.17, 15) is 9.59 Å². The van der Waals surface area contributed by atoms with Gasteiger partial charge in [-0.05, 0) is 25.8 Å². The molecule has 0 aromatic rings. The summed E-state index contributed by atoms with van der Waals surface area (Å²) in [4.78, 5) is 26.6. The van der Waals surface area contributed by atoms with Crippen LogP contribution in [0, 0.1) is 0 Å². The average Bonchev–Trinajstić information content (AvgIpc) is 3.15. The Hall–Kier alpha value is -1.30. The van der Waals surface area contributed by atoms with Crippen LogP contribution in [0.1, 0.15) is 25.7 Å². The van der Waals surface area contributed by atoms with E-state index < -0.39 is 5.97 Å². The van der Waals surface area contributed by atoms with Crippen LogP contribution in [0.2, 0.25) is 0 Å². The minimum atomic E-state index is -0.842. The van der Waals surface area contributed by atoms with Gasteiger partial charge in [-0.25, -0.2) is 4.79 Å². The predicted octanol–water partition coefficient (Wildman–Crippen LogP) is 0.341. The number of urea groups is 1. The number of rotatable bonds is 4. The lowest BCUT2D eigenvalue weighted by molar-refractivity contribution is -0.137. The van der Waals surface area contributed by atoms with Crippen LogP contribution in [0.4, 0.5) is 4.79 Å². The van der Waals surface area contributed by atoms with E-state index >= 15 is 0 Å². The van der Waals surface area contributed by atoms with Gasteiger partial charge in [0.2, 0.25) is 0 Å². The quantitative estimate of drug-likeness (QED) is 0.760. The summed E-state index contributed by atoms with van der Waals surface area (Å²) in [7, 11) is 0. The van der Waals surface area contributed by atoms with Gasteiger partial charge in [-0.2, -0.15) is 0 Å². The molecule has 2 N–H and O–H groups in total. The van der Waals surface area contributed by atoms with E-state index in [4.69, 9.17) is 5.11 Å². The summed E-state index contributed by atoms with van der Waals surface area (Å²) in [6.45, 7) is 3.59. The number of hydrogen-bond donors (Lipinski definition) is 2. The highest BCUT2D eigenvalue weighted by Gasteiger charge is 2.34. The van der Waals surface area contributed by atoms with Crippen molar-refractivity contribution in [2.45, 2.75) is 31.7 Å². The highest BCUT2D eigenvalue weighted by Crippen LogP contribution is 2.28. The summed E-state index contributed by atoms with van der Waals surface area (Å²) in [5.41, 5.74) is 0. The fourth-order valence-corrected chi connectivity index (χ4v) is 2.26. The smallest absolute Gasteiger partial charge is 0.320 e. The zero-order valence-electron chi connectivity index (χ0n) is 10.6. The Labute approximate surface area is 107 Å². The third-order valence-corrected chi connectivity index (χ3v) is 3.41. The summed E-state index contributed by atoms with van der Waals surface area (Å²) >= 11 is 0. The molecule has 0 atom stereocenters. The second-order valence-electron chi connectivity index (χ2n) is 4.94. The SMILES string of the molecule is O=C(O)CCN(C(=O)N1CCCNCC1)C1CC1. The first-order valence-corrected chi connectivity index (χ1v) is 6.66. The van der Waals surface area contributed by atoms with Gasteiger partial charge in [0.15, 0.2) is 0 Å². The van der Waals surface area contributed by atoms with Gasteiger partial charge in [-0.1, -0.05) is 0 Å². The highest BCUT2D eigenvalue weighted by atomic mass is 16.4. The molecule has 1 aliphatic heterocycles. The predicted molar refractivity (Wildman–Crippen MR) is 66.4 cm³/mol. The summed E-state index contributed by atoms with van der Waals surface area (Å²) in [6.07, 6.45) is 3.02. The number of hydrogen-bond acceptors (Lipinski definition) is 3. The van der Waals surface area contributed by atoms with Gasteiger partial charge in [-0.15, -0.1) is 0 Å². The summed E-state index contributed by atoms with van der Waals surface area (Å²) < 4.78 is 0. The van der Waals surface area contributed by atoms with Crippen molar-refractivity contribution >= 4 is 12.0 Å². The minimum absolute atomic E-state index is 0.0162. The van der Waals surface area contributed by atoms with Crippen LogP contribution in [0.25, 0.3) is 0 Å². The normalized spacial score (nSPS) is 20.3. The van der Waals surface area contributed by atoms with E-state index in [-0.39, 0.29) is 18.5 Å². The standard InChI is InChI=1S/C12H21N3O3/c16-11(17)4-8-15(10-2-3-10)12(18)14-7-1-5-13-6-9-14/h10,13H,1-9H2,(H,16,17). The zero-order valence-corrected chi connectivity index (χ0v) is 10.6. The lowest BCUT2D eigenvalue weighted by Gasteiger charge is -2.29. The Morgan fingerprint density at radius 3 is 2.72 bits per heavy atom. The van der Waals surface area contributed by atoms with Crippen molar-refractivity contribution in [2.75, 3.05) is 32.7 Å². The fraction of sp³-hybridized carbons (Fsp3) is 0.833. The van der Waals surface area contributed by atoms with Gasteiger partial charge < -0.3 is 20.2 Å².